The number of phenolic OH excluding ortho intramolecular Hbond substituents is 1. The van der Waals surface area contributed by atoms with Crippen molar-refractivity contribution < 1.29 is 28.5 Å². The monoisotopic (exact) mass is 596 g/mol. The van der Waals surface area contributed by atoms with Gasteiger partial charge in [-0.25, -0.2) is 18.6 Å². The van der Waals surface area contributed by atoms with Gasteiger partial charge in [0.15, 0.2) is 0 Å². The van der Waals surface area contributed by atoms with Crippen molar-refractivity contribution in [1.82, 2.24) is 14.5 Å². The topological polar surface area (TPSA) is 138 Å². The van der Waals surface area contributed by atoms with Crippen molar-refractivity contribution in [1.29, 1.82) is 5.26 Å². The van der Waals surface area contributed by atoms with E-state index in [2.05, 4.69) is 9.97 Å². The first kappa shape index (κ1) is 27.9. The summed E-state index contributed by atoms with van der Waals surface area (Å²) in [6.45, 7) is 3.20. The SMILES string of the molecule is Cc1cc(-c2cc(Cl)ccc2OCCn2c(C)nc3cc(C(F)F)c(O)c(C#N)c3c2=O)c2scc(C(=O)O)c2n1. The van der Waals surface area contributed by atoms with Crippen LogP contribution in [0.1, 0.15) is 39.4 Å². The lowest BCUT2D eigenvalue weighted by Gasteiger charge is -2.16. The highest BCUT2D eigenvalue weighted by Crippen LogP contribution is 2.40. The van der Waals surface area contributed by atoms with Gasteiger partial charge in [-0.2, -0.15) is 5.26 Å². The Balaban J connectivity index is 1.52. The molecule has 0 aliphatic rings. The Morgan fingerprint density at radius 3 is 2.66 bits per heavy atom. The summed E-state index contributed by atoms with van der Waals surface area (Å²) in [6.07, 6.45) is -3.06. The molecule has 2 aromatic carbocycles. The average molecular weight is 597 g/mol. The summed E-state index contributed by atoms with van der Waals surface area (Å²) in [4.78, 5) is 33.7. The molecule has 0 aliphatic carbocycles. The number of aryl methyl sites for hydroxylation is 2. The van der Waals surface area contributed by atoms with Crippen molar-refractivity contribution >= 4 is 50.0 Å². The first-order valence-electron chi connectivity index (χ1n) is 12.0. The van der Waals surface area contributed by atoms with Gasteiger partial charge in [0.25, 0.3) is 12.0 Å². The van der Waals surface area contributed by atoms with Crippen LogP contribution in [0.4, 0.5) is 8.78 Å². The summed E-state index contributed by atoms with van der Waals surface area (Å²) in [5, 5.41) is 31.0. The molecule has 0 atom stereocenters. The number of pyridine rings is 1. The molecule has 3 heterocycles. The molecule has 0 unspecified atom stereocenters. The number of hydrogen-bond donors (Lipinski definition) is 2. The van der Waals surface area contributed by atoms with Crippen molar-refractivity contribution in [2.24, 2.45) is 0 Å². The summed E-state index contributed by atoms with van der Waals surface area (Å²) in [5.41, 5.74) is 0.124. The van der Waals surface area contributed by atoms with Crippen LogP contribution >= 0.6 is 22.9 Å². The van der Waals surface area contributed by atoms with Crippen LogP contribution in [0, 0.1) is 25.2 Å². The molecule has 0 saturated heterocycles. The number of hydrogen-bond acceptors (Lipinski definition) is 8. The van der Waals surface area contributed by atoms with Gasteiger partial charge in [0, 0.05) is 27.2 Å². The second kappa shape index (κ2) is 10.8. The third-order valence-corrected chi connectivity index (χ3v) is 7.71. The van der Waals surface area contributed by atoms with E-state index in [0.29, 0.717) is 37.8 Å². The highest BCUT2D eigenvalue weighted by molar-refractivity contribution is 7.18. The second-order valence-corrected chi connectivity index (χ2v) is 10.4. The van der Waals surface area contributed by atoms with E-state index in [-0.39, 0.29) is 35.4 Å². The van der Waals surface area contributed by atoms with Crippen molar-refractivity contribution in [2.75, 3.05) is 6.61 Å². The largest absolute Gasteiger partial charge is 0.506 e. The van der Waals surface area contributed by atoms with E-state index >= 15 is 0 Å². The van der Waals surface area contributed by atoms with Crippen molar-refractivity contribution in [2.45, 2.75) is 26.8 Å². The molecule has 3 aromatic heterocycles. The molecular weight excluding hydrogens is 578 g/mol. The summed E-state index contributed by atoms with van der Waals surface area (Å²) in [7, 11) is 0. The van der Waals surface area contributed by atoms with E-state index in [9.17, 15) is 33.8 Å². The fourth-order valence-electron chi connectivity index (χ4n) is 4.61. The fourth-order valence-corrected chi connectivity index (χ4v) is 5.80. The van der Waals surface area contributed by atoms with Crippen LogP contribution in [0.2, 0.25) is 5.02 Å². The Hall–Kier alpha value is -4.60. The van der Waals surface area contributed by atoms with E-state index in [1.165, 1.54) is 28.2 Å². The minimum Gasteiger partial charge on any atom is -0.506 e. The number of ether oxygens (including phenoxy) is 1. The molecule has 0 spiro atoms. The van der Waals surface area contributed by atoms with Crippen LogP contribution in [0.15, 0.2) is 40.5 Å². The Kier molecular flexibility index (Phi) is 7.33. The Morgan fingerprint density at radius 2 is 1.98 bits per heavy atom. The molecule has 41 heavy (non-hydrogen) atoms. The van der Waals surface area contributed by atoms with E-state index < -0.39 is 34.8 Å². The number of carboxylic acids is 1. The number of carboxylic acid groups (broad SMARTS) is 1. The number of rotatable bonds is 7. The molecule has 0 saturated carbocycles. The molecule has 0 bridgehead atoms. The molecule has 5 aromatic rings. The van der Waals surface area contributed by atoms with Crippen LogP contribution in [-0.4, -0.2) is 37.3 Å². The van der Waals surface area contributed by atoms with Gasteiger partial charge in [-0.15, -0.1) is 11.3 Å². The molecule has 2 N–H and O–H groups in total. The summed E-state index contributed by atoms with van der Waals surface area (Å²) < 4.78 is 34.7. The number of aromatic nitrogens is 3. The third kappa shape index (κ3) is 4.94. The molecule has 0 aliphatic heterocycles. The molecule has 0 amide bonds. The van der Waals surface area contributed by atoms with Crippen LogP contribution in [0.5, 0.6) is 11.5 Å². The Bertz CT molecular complexity index is 1980. The molecular formula is C28H19ClF2N4O5S. The van der Waals surface area contributed by atoms with E-state index in [1.807, 2.05) is 0 Å². The number of halogens is 3. The van der Waals surface area contributed by atoms with Crippen LogP contribution in [0.25, 0.3) is 32.2 Å². The highest BCUT2D eigenvalue weighted by atomic mass is 35.5. The standard InChI is InChI=1S/C28H19ClF2N4O5S/c1-12-7-16(25-23(33-12)19(11-41-25)28(38)39)15-8-14(29)3-4-21(15)40-6-5-35-13(2)34-20-9-17(26(30)31)24(36)18(10-32)22(20)27(35)37/h3-4,7-9,11,26,36H,5-6H2,1-2H3,(H,38,39). The lowest BCUT2D eigenvalue weighted by molar-refractivity contribution is 0.0699. The van der Waals surface area contributed by atoms with Gasteiger partial charge in [0.05, 0.1) is 38.8 Å². The second-order valence-electron chi connectivity index (χ2n) is 9.04. The minimum absolute atomic E-state index is 0.0230. The van der Waals surface area contributed by atoms with Gasteiger partial charge in [-0.1, -0.05) is 11.6 Å². The van der Waals surface area contributed by atoms with Crippen molar-refractivity contribution in [3.63, 3.8) is 0 Å². The predicted octanol–water partition coefficient (Wildman–Crippen LogP) is 6.24. The Morgan fingerprint density at radius 1 is 1.22 bits per heavy atom. The summed E-state index contributed by atoms with van der Waals surface area (Å²) in [5.74, 6) is -1.44. The molecule has 5 rings (SSSR count). The van der Waals surface area contributed by atoms with Gasteiger partial charge in [-0.05, 0) is 44.2 Å². The molecule has 208 valence electrons. The number of alkyl halides is 2. The van der Waals surface area contributed by atoms with E-state index in [0.717, 1.165) is 6.07 Å². The zero-order valence-corrected chi connectivity index (χ0v) is 23.0. The van der Waals surface area contributed by atoms with Crippen LogP contribution in [0.3, 0.4) is 0 Å². The number of benzene rings is 2. The molecule has 9 nitrogen and oxygen atoms in total. The predicted molar refractivity (Wildman–Crippen MR) is 149 cm³/mol. The number of carbonyl (C=O) groups is 1. The number of nitriles is 1. The summed E-state index contributed by atoms with van der Waals surface area (Å²) >= 11 is 7.53. The fraction of sp³-hybridized carbons (Fsp3) is 0.179. The molecule has 0 fully saturated rings. The quantitative estimate of drug-likeness (QED) is 0.225. The van der Waals surface area contributed by atoms with Crippen molar-refractivity contribution in [3.05, 3.63) is 79.3 Å². The smallest absolute Gasteiger partial charge is 0.338 e. The zero-order chi connectivity index (χ0) is 29.6. The van der Waals surface area contributed by atoms with Crippen LogP contribution < -0.4 is 10.3 Å². The maximum Gasteiger partial charge on any atom is 0.338 e. The number of aromatic carboxylic acids is 1. The van der Waals surface area contributed by atoms with Crippen LogP contribution in [-0.2, 0) is 6.54 Å². The molecule has 0 radical (unpaired) electrons. The van der Waals surface area contributed by atoms with E-state index in [4.69, 9.17) is 16.3 Å². The normalized spacial score (nSPS) is 11.3. The number of fused-ring (bicyclic) bond motifs is 2. The van der Waals surface area contributed by atoms with Crippen molar-refractivity contribution in [3.8, 4) is 28.7 Å². The van der Waals surface area contributed by atoms with Gasteiger partial charge >= 0.3 is 5.97 Å². The first-order valence-corrected chi connectivity index (χ1v) is 13.3. The average Bonchev–Trinajstić information content (AvgIpc) is 3.34. The Labute approximate surface area is 239 Å². The minimum atomic E-state index is -3.06. The van der Waals surface area contributed by atoms with E-state index in [1.54, 1.807) is 37.3 Å². The van der Waals surface area contributed by atoms with Gasteiger partial charge < -0.3 is 14.9 Å². The third-order valence-electron chi connectivity index (χ3n) is 6.47. The maximum atomic E-state index is 13.4. The number of nitrogens with zero attached hydrogens (tertiary/aromatic N) is 4. The van der Waals surface area contributed by atoms with Gasteiger partial charge in [0.1, 0.15) is 35.6 Å². The maximum absolute atomic E-state index is 13.4. The summed E-state index contributed by atoms with van der Waals surface area (Å²) in [6, 6.07) is 9.30. The number of phenols is 1. The van der Waals surface area contributed by atoms with Gasteiger partial charge in [0.2, 0.25) is 0 Å². The lowest BCUT2D eigenvalue weighted by atomic mass is 10.0. The highest BCUT2D eigenvalue weighted by Gasteiger charge is 2.23. The first-order chi connectivity index (χ1) is 19.5. The van der Waals surface area contributed by atoms with Gasteiger partial charge in [-0.3, -0.25) is 14.3 Å². The number of aromatic hydroxyl groups is 1. The molecule has 13 heteroatoms. The lowest BCUT2D eigenvalue weighted by Crippen LogP contribution is -2.27. The number of thiophene rings is 1. The zero-order valence-electron chi connectivity index (χ0n) is 21.4.